The Morgan fingerprint density at radius 2 is 1.56 bits per heavy atom. The summed E-state index contributed by atoms with van der Waals surface area (Å²) in [7, 11) is 1.58. The maximum Gasteiger partial charge on any atom is 0.355 e. The average molecular weight is 605 g/mol. The fraction of sp³-hybridized carbons (Fsp3) is 0.0645. The van der Waals surface area contributed by atoms with Crippen LogP contribution in [0, 0.1) is 0 Å². The van der Waals surface area contributed by atoms with Crippen LogP contribution in [0.3, 0.4) is 0 Å². The number of nitrogens with zero attached hydrogens (tertiary/aromatic N) is 1. The number of esters is 1. The number of carbonyl (C=O) groups excluding carboxylic acids is 2. The van der Waals surface area contributed by atoms with Gasteiger partial charge < -0.3 is 14.2 Å². The Morgan fingerprint density at radius 1 is 0.878 bits per heavy atom. The summed E-state index contributed by atoms with van der Waals surface area (Å²) in [4.78, 5) is 25.5. The minimum Gasteiger partial charge on any atom is -0.497 e. The van der Waals surface area contributed by atoms with E-state index in [1.54, 1.807) is 73.8 Å². The molecule has 5 aromatic rings. The highest BCUT2D eigenvalue weighted by Gasteiger charge is 2.19. The van der Waals surface area contributed by atoms with Crippen molar-refractivity contribution in [1.29, 1.82) is 0 Å². The van der Waals surface area contributed by atoms with Gasteiger partial charge in [0.25, 0.3) is 5.91 Å². The second kappa shape index (κ2) is 12.9. The standard InChI is InChI=1S/C31H22Cl2N2O5S/c1-38-25-14-15-26-27(16-25)41-29(28(26)33)31(37)40-24-10-4-19(5-11-24)17-34-35-30(36)21-6-2-20(3-7-21)18-39-23-12-8-22(32)9-13-23/h2-17H,18H2,1H3,(H,35,36). The Morgan fingerprint density at radius 3 is 2.27 bits per heavy atom. The van der Waals surface area contributed by atoms with Gasteiger partial charge in [0.1, 0.15) is 28.7 Å². The van der Waals surface area contributed by atoms with Gasteiger partial charge >= 0.3 is 5.97 Å². The molecule has 0 aliphatic rings. The van der Waals surface area contributed by atoms with E-state index in [0.29, 0.717) is 49.9 Å². The first-order valence-corrected chi connectivity index (χ1v) is 13.9. The Kier molecular flexibility index (Phi) is 8.84. The van der Waals surface area contributed by atoms with E-state index in [4.69, 9.17) is 37.4 Å². The minimum absolute atomic E-state index is 0.311. The van der Waals surface area contributed by atoms with Gasteiger partial charge in [-0.1, -0.05) is 35.3 Å². The highest BCUT2D eigenvalue weighted by molar-refractivity contribution is 7.21. The number of thiophene rings is 1. The smallest absolute Gasteiger partial charge is 0.355 e. The molecule has 0 saturated heterocycles. The highest BCUT2D eigenvalue weighted by atomic mass is 35.5. The molecule has 0 saturated carbocycles. The summed E-state index contributed by atoms with van der Waals surface area (Å²) in [5.41, 5.74) is 4.57. The van der Waals surface area contributed by atoms with Crippen molar-refractivity contribution in [3.8, 4) is 17.2 Å². The van der Waals surface area contributed by atoms with Crippen LogP contribution in [0.2, 0.25) is 10.0 Å². The van der Waals surface area contributed by atoms with Crippen LogP contribution in [-0.2, 0) is 6.61 Å². The molecule has 206 valence electrons. The van der Waals surface area contributed by atoms with Gasteiger partial charge in [-0.3, -0.25) is 4.79 Å². The number of nitrogens with one attached hydrogen (secondary N) is 1. The van der Waals surface area contributed by atoms with Gasteiger partial charge in [-0.15, -0.1) is 11.3 Å². The molecule has 7 nitrogen and oxygen atoms in total. The number of halogens is 2. The number of hydrazone groups is 1. The second-order valence-corrected chi connectivity index (χ2v) is 10.6. The molecule has 4 aromatic carbocycles. The Labute approximate surface area is 249 Å². The van der Waals surface area contributed by atoms with E-state index in [9.17, 15) is 9.59 Å². The third kappa shape index (κ3) is 7.05. The van der Waals surface area contributed by atoms with Crippen molar-refractivity contribution >= 4 is 62.7 Å². The molecule has 1 aromatic heterocycles. The Hall–Kier alpha value is -4.37. The predicted octanol–water partition coefficient (Wildman–Crippen LogP) is 7.78. The SMILES string of the molecule is COc1ccc2c(Cl)c(C(=O)Oc3ccc(C=NNC(=O)c4ccc(COc5ccc(Cl)cc5)cc4)cc3)sc2c1. The lowest BCUT2D eigenvalue weighted by atomic mass is 10.1. The number of benzene rings is 4. The van der Waals surface area contributed by atoms with Crippen molar-refractivity contribution in [2.75, 3.05) is 7.11 Å². The molecule has 41 heavy (non-hydrogen) atoms. The van der Waals surface area contributed by atoms with Gasteiger partial charge in [-0.25, -0.2) is 10.2 Å². The van der Waals surface area contributed by atoms with Gasteiger partial charge in [0, 0.05) is 20.7 Å². The van der Waals surface area contributed by atoms with E-state index < -0.39 is 5.97 Å². The highest BCUT2D eigenvalue weighted by Crippen LogP contribution is 2.37. The van der Waals surface area contributed by atoms with Gasteiger partial charge in [0.2, 0.25) is 0 Å². The molecule has 1 N–H and O–H groups in total. The topological polar surface area (TPSA) is 86.2 Å². The summed E-state index contributed by atoms with van der Waals surface area (Å²) in [6.07, 6.45) is 1.49. The van der Waals surface area contributed by atoms with E-state index in [1.807, 2.05) is 24.3 Å². The zero-order valence-electron chi connectivity index (χ0n) is 21.6. The van der Waals surface area contributed by atoms with Crippen LogP contribution in [0.15, 0.2) is 96.1 Å². The lowest BCUT2D eigenvalue weighted by Gasteiger charge is -2.07. The molecule has 0 bridgehead atoms. The van der Waals surface area contributed by atoms with Crippen LogP contribution in [0.5, 0.6) is 17.2 Å². The van der Waals surface area contributed by atoms with Crippen molar-refractivity contribution in [1.82, 2.24) is 5.43 Å². The maximum absolute atomic E-state index is 12.7. The molecule has 1 amide bonds. The van der Waals surface area contributed by atoms with Crippen molar-refractivity contribution in [2.24, 2.45) is 5.10 Å². The van der Waals surface area contributed by atoms with Crippen LogP contribution in [0.25, 0.3) is 10.1 Å². The number of ether oxygens (including phenoxy) is 3. The van der Waals surface area contributed by atoms with Crippen LogP contribution in [0.4, 0.5) is 0 Å². The number of methoxy groups -OCH3 is 1. The fourth-order valence-corrected chi connectivity index (χ4v) is 5.30. The number of fused-ring (bicyclic) bond motifs is 1. The number of hydrogen-bond donors (Lipinski definition) is 1. The summed E-state index contributed by atoms with van der Waals surface area (Å²) < 4.78 is 17.3. The summed E-state index contributed by atoms with van der Waals surface area (Å²) in [6.45, 7) is 0.360. The second-order valence-electron chi connectivity index (χ2n) is 8.70. The molecular weight excluding hydrogens is 583 g/mol. The first kappa shape index (κ1) is 28.2. The molecule has 0 aliphatic carbocycles. The summed E-state index contributed by atoms with van der Waals surface area (Å²) in [5, 5.41) is 5.77. The molecule has 0 radical (unpaired) electrons. The molecule has 0 aliphatic heterocycles. The monoisotopic (exact) mass is 604 g/mol. The van der Waals surface area contributed by atoms with E-state index in [0.717, 1.165) is 15.6 Å². The summed E-state index contributed by atoms with van der Waals surface area (Å²) >= 11 is 13.5. The molecule has 0 fully saturated rings. The summed E-state index contributed by atoms with van der Waals surface area (Å²) in [6, 6.07) is 26.3. The van der Waals surface area contributed by atoms with Gasteiger partial charge in [0.15, 0.2) is 0 Å². The third-order valence-corrected chi connectivity index (χ3v) is 7.82. The van der Waals surface area contributed by atoms with Gasteiger partial charge in [-0.2, -0.15) is 5.10 Å². The molecule has 1 heterocycles. The normalized spacial score (nSPS) is 11.0. The summed E-state index contributed by atoms with van der Waals surface area (Å²) in [5.74, 6) is 0.834. The van der Waals surface area contributed by atoms with Crippen LogP contribution in [-0.4, -0.2) is 25.2 Å². The first-order chi connectivity index (χ1) is 19.9. The average Bonchev–Trinajstić information content (AvgIpc) is 3.33. The maximum atomic E-state index is 12.7. The van der Waals surface area contributed by atoms with E-state index in [2.05, 4.69) is 10.5 Å². The van der Waals surface area contributed by atoms with Crippen LogP contribution >= 0.6 is 34.5 Å². The van der Waals surface area contributed by atoms with Gasteiger partial charge in [0.05, 0.1) is 18.3 Å². The number of hydrogen-bond acceptors (Lipinski definition) is 7. The van der Waals surface area contributed by atoms with Crippen molar-refractivity contribution in [3.63, 3.8) is 0 Å². The largest absolute Gasteiger partial charge is 0.497 e. The molecule has 0 atom stereocenters. The van der Waals surface area contributed by atoms with Crippen molar-refractivity contribution in [2.45, 2.75) is 6.61 Å². The number of carbonyl (C=O) groups is 2. The van der Waals surface area contributed by atoms with E-state index in [-0.39, 0.29) is 5.91 Å². The molecular formula is C31H22Cl2N2O5S. The zero-order chi connectivity index (χ0) is 28.8. The first-order valence-electron chi connectivity index (χ1n) is 12.3. The molecule has 10 heteroatoms. The minimum atomic E-state index is -0.550. The fourth-order valence-electron chi connectivity index (χ4n) is 3.76. The lowest BCUT2D eigenvalue weighted by molar-refractivity contribution is 0.0739. The van der Waals surface area contributed by atoms with Gasteiger partial charge in [-0.05, 0) is 90.0 Å². The number of amides is 1. The van der Waals surface area contributed by atoms with E-state index >= 15 is 0 Å². The van der Waals surface area contributed by atoms with Crippen molar-refractivity contribution < 1.29 is 23.8 Å². The molecule has 0 unspecified atom stereocenters. The third-order valence-electron chi connectivity index (χ3n) is 5.93. The lowest BCUT2D eigenvalue weighted by Crippen LogP contribution is -2.17. The zero-order valence-corrected chi connectivity index (χ0v) is 23.9. The Bertz CT molecular complexity index is 1720. The van der Waals surface area contributed by atoms with Crippen molar-refractivity contribution in [3.05, 3.63) is 123 Å². The van der Waals surface area contributed by atoms with Crippen LogP contribution in [0.1, 0.15) is 31.2 Å². The number of rotatable bonds is 9. The Balaban J connectivity index is 1.12. The predicted molar refractivity (Wildman–Crippen MR) is 162 cm³/mol. The molecule has 5 rings (SSSR count). The van der Waals surface area contributed by atoms with E-state index in [1.165, 1.54) is 17.6 Å². The molecule has 0 spiro atoms. The van der Waals surface area contributed by atoms with Crippen LogP contribution < -0.4 is 19.6 Å². The quantitative estimate of drug-likeness (QED) is 0.0803.